The molecule has 4 atom stereocenters. The van der Waals surface area contributed by atoms with Crippen molar-refractivity contribution in [3.8, 4) is 0 Å². The maximum Gasteiger partial charge on any atom is 0.273 e. The van der Waals surface area contributed by atoms with Crippen molar-refractivity contribution >= 4 is 11.9 Å². The number of carboxylic acid groups (broad SMARTS) is 1. The average Bonchev–Trinajstić information content (AvgIpc) is 3.52. The molecule has 2 aromatic rings. The van der Waals surface area contributed by atoms with Crippen LogP contribution in [0.25, 0.3) is 0 Å². The van der Waals surface area contributed by atoms with Crippen LogP contribution in [0, 0.1) is 5.92 Å². The van der Waals surface area contributed by atoms with Gasteiger partial charge in [-0.15, -0.1) is 0 Å². The predicted molar refractivity (Wildman–Crippen MR) is 116 cm³/mol. The van der Waals surface area contributed by atoms with Crippen LogP contribution in [0.5, 0.6) is 0 Å². The minimum atomic E-state index is -1.04. The van der Waals surface area contributed by atoms with Gasteiger partial charge in [0, 0.05) is 18.4 Å². The Bertz CT molecular complexity index is 940. The third-order valence-corrected chi connectivity index (χ3v) is 6.70. The van der Waals surface area contributed by atoms with Gasteiger partial charge in [0.2, 0.25) is 5.89 Å². The number of oxazole rings is 1. The lowest BCUT2D eigenvalue weighted by atomic mass is 9.75. The first kappa shape index (κ1) is 22.5. The van der Waals surface area contributed by atoms with Crippen molar-refractivity contribution in [1.82, 2.24) is 10.3 Å². The van der Waals surface area contributed by atoms with E-state index in [4.69, 9.17) is 9.15 Å². The lowest BCUT2D eigenvalue weighted by molar-refractivity contribution is -0.305. The number of benzene rings is 1. The topological polar surface area (TPSA) is 104 Å². The zero-order chi connectivity index (χ0) is 22.5. The van der Waals surface area contributed by atoms with E-state index in [-0.39, 0.29) is 36.4 Å². The van der Waals surface area contributed by atoms with E-state index in [0.717, 1.165) is 49.7 Å². The number of rotatable bonds is 11. The molecule has 1 amide bonds. The Balaban J connectivity index is 1.47. The lowest BCUT2D eigenvalue weighted by Gasteiger charge is -2.26. The fourth-order valence-electron chi connectivity index (χ4n) is 5.08. The van der Waals surface area contributed by atoms with Crippen molar-refractivity contribution < 1.29 is 23.8 Å². The number of unbranched alkanes of at least 4 members (excludes halogenated alkanes) is 2. The Kier molecular flexibility index (Phi) is 7.25. The molecule has 1 aromatic heterocycles. The first-order valence-electron chi connectivity index (χ1n) is 11.7. The van der Waals surface area contributed by atoms with Gasteiger partial charge < -0.3 is 24.4 Å². The van der Waals surface area contributed by atoms with Gasteiger partial charge in [0.25, 0.3) is 5.91 Å². The molecule has 172 valence electrons. The minimum Gasteiger partial charge on any atom is -0.550 e. The van der Waals surface area contributed by atoms with Crippen molar-refractivity contribution in [2.24, 2.45) is 5.92 Å². The van der Waals surface area contributed by atoms with Crippen LogP contribution >= 0.6 is 0 Å². The van der Waals surface area contributed by atoms with Gasteiger partial charge in [-0.25, -0.2) is 4.98 Å². The molecule has 3 heterocycles. The van der Waals surface area contributed by atoms with E-state index < -0.39 is 5.97 Å². The highest BCUT2D eigenvalue weighted by Crippen LogP contribution is 2.49. The molecule has 2 saturated heterocycles. The minimum absolute atomic E-state index is 0.00410. The SMILES string of the molecule is CCCCCNC(=O)c1coc([C@H]2[C@@H](Cc3ccccc3CCC(=O)[O-])[C@@H]3CC[C@H]2O3)n1. The number of hydrogen-bond donors (Lipinski definition) is 1. The zero-order valence-electron chi connectivity index (χ0n) is 18.5. The quantitative estimate of drug-likeness (QED) is 0.540. The molecule has 1 N–H and O–H groups in total. The molecular formula is C25H31N2O5-. The average molecular weight is 440 g/mol. The monoisotopic (exact) mass is 439 g/mol. The molecule has 0 aliphatic carbocycles. The van der Waals surface area contributed by atoms with Gasteiger partial charge in [-0.05, 0) is 49.7 Å². The van der Waals surface area contributed by atoms with Crippen LogP contribution < -0.4 is 10.4 Å². The van der Waals surface area contributed by atoms with Gasteiger partial charge in [-0.1, -0.05) is 44.0 Å². The van der Waals surface area contributed by atoms with E-state index in [2.05, 4.69) is 23.3 Å². The molecule has 32 heavy (non-hydrogen) atoms. The third-order valence-electron chi connectivity index (χ3n) is 6.70. The second-order valence-corrected chi connectivity index (χ2v) is 8.86. The van der Waals surface area contributed by atoms with Crippen molar-refractivity contribution in [2.75, 3.05) is 6.54 Å². The number of carbonyl (C=O) groups excluding carboxylic acids is 2. The van der Waals surface area contributed by atoms with Crippen molar-refractivity contribution in [1.29, 1.82) is 0 Å². The summed E-state index contributed by atoms with van der Waals surface area (Å²) in [6.07, 6.45) is 7.92. The number of fused-ring (bicyclic) bond motifs is 2. The van der Waals surface area contributed by atoms with Gasteiger partial charge in [0.15, 0.2) is 5.69 Å². The number of carboxylic acids is 1. The number of nitrogens with one attached hydrogen (secondary N) is 1. The van der Waals surface area contributed by atoms with E-state index in [9.17, 15) is 14.7 Å². The number of aliphatic carboxylic acids is 1. The summed E-state index contributed by atoms with van der Waals surface area (Å²) < 4.78 is 12.0. The van der Waals surface area contributed by atoms with Gasteiger partial charge in [0.05, 0.1) is 18.1 Å². The normalized spacial score (nSPS) is 24.0. The Morgan fingerprint density at radius 1 is 1.16 bits per heavy atom. The summed E-state index contributed by atoms with van der Waals surface area (Å²) in [7, 11) is 0. The number of nitrogens with zero attached hydrogens (tertiary/aromatic N) is 1. The van der Waals surface area contributed by atoms with E-state index in [1.54, 1.807) is 0 Å². The van der Waals surface area contributed by atoms with Crippen LogP contribution in [0.15, 0.2) is 34.9 Å². The van der Waals surface area contributed by atoms with Crippen LogP contribution in [0.1, 0.15) is 78.9 Å². The van der Waals surface area contributed by atoms with Crippen LogP contribution in [-0.2, 0) is 22.4 Å². The van der Waals surface area contributed by atoms with Gasteiger partial charge in [-0.2, -0.15) is 0 Å². The molecule has 0 spiro atoms. The molecule has 2 bridgehead atoms. The first-order valence-corrected chi connectivity index (χ1v) is 11.7. The number of aromatic nitrogens is 1. The highest BCUT2D eigenvalue weighted by atomic mass is 16.5. The van der Waals surface area contributed by atoms with Crippen LogP contribution in [0.2, 0.25) is 0 Å². The van der Waals surface area contributed by atoms with Gasteiger partial charge in [0.1, 0.15) is 6.26 Å². The highest BCUT2D eigenvalue weighted by molar-refractivity contribution is 5.91. The summed E-state index contributed by atoms with van der Waals surface area (Å²) in [6, 6.07) is 7.95. The van der Waals surface area contributed by atoms with Gasteiger partial charge in [-0.3, -0.25) is 4.79 Å². The van der Waals surface area contributed by atoms with Crippen molar-refractivity contribution in [2.45, 2.75) is 76.4 Å². The Morgan fingerprint density at radius 2 is 1.94 bits per heavy atom. The molecule has 7 heteroatoms. The van der Waals surface area contributed by atoms with E-state index in [1.807, 2.05) is 18.2 Å². The summed E-state index contributed by atoms with van der Waals surface area (Å²) >= 11 is 0. The molecule has 0 unspecified atom stereocenters. The maximum absolute atomic E-state index is 12.4. The number of carbonyl (C=O) groups is 2. The molecule has 2 fully saturated rings. The lowest BCUT2D eigenvalue weighted by Crippen LogP contribution is -2.28. The second kappa shape index (κ2) is 10.3. The summed E-state index contributed by atoms with van der Waals surface area (Å²) in [5.41, 5.74) is 2.46. The van der Waals surface area contributed by atoms with Gasteiger partial charge >= 0.3 is 0 Å². The second-order valence-electron chi connectivity index (χ2n) is 8.86. The Labute approximate surface area is 188 Å². The van der Waals surface area contributed by atoms with E-state index in [1.165, 1.54) is 6.26 Å². The number of hydrogen-bond acceptors (Lipinski definition) is 6. The summed E-state index contributed by atoms with van der Waals surface area (Å²) in [4.78, 5) is 27.9. The zero-order valence-corrected chi connectivity index (χ0v) is 18.5. The molecule has 2 aliphatic heterocycles. The molecule has 2 aliphatic rings. The van der Waals surface area contributed by atoms with Crippen molar-refractivity contribution in [3.63, 3.8) is 0 Å². The molecule has 0 radical (unpaired) electrons. The fraction of sp³-hybridized carbons (Fsp3) is 0.560. The predicted octanol–water partition coefficient (Wildman–Crippen LogP) is 2.78. The molecule has 0 saturated carbocycles. The number of amides is 1. The fourth-order valence-corrected chi connectivity index (χ4v) is 5.08. The van der Waals surface area contributed by atoms with Crippen LogP contribution in [-0.4, -0.2) is 35.6 Å². The van der Waals surface area contributed by atoms with E-state index >= 15 is 0 Å². The summed E-state index contributed by atoms with van der Waals surface area (Å²) in [6.45, 7) is 2.76. The smallest absolute Gasteiger partial charge is 0.273 e. The largest absolute Gasteiger partial charge is 0.550 e. The third kappa shape index (κ3) is 5.04. The van der Waals surface area contributed by atoms with Crippen LogP contribution in [0.3, 0.4) is 0 Å². The maximum atomic E-state index is 12.4. The number of ether oxygens (including phenoxy) is 1. The first-order chi connectivity index (χ1) is 15.6. The van der Waals surface area contributed by atoms with E-state index in [0.29, 0.717) is 24.6 Å². The molecule has 7 nitrogen and oxygen atoms in total. The summed E-state index contributed by atoms with van der Waals surface area (Å²) in [5, 5.41) is 13.8. The molecule has 1 aromatic carbocycles. The molecule has 4 rings (SSSR count). The van der Waals surface area contributed by atoms with Crippen molar-refractivity contribution in [3.05, 3.63) is 53.2 Å². The highest BCUT2D eigenvalue weighted by Gasteiger charge is 2.51. The van der Waals surface area contributed by atoms with Crippen LogP contribution in [0.4, 0.5) is 0 Å². The molecular weight excluding hydrogens is 408 g/mol. The Hall–Kier alpha value is -2.67. The standard InChI is InChI=1S/C25H32N2O5/c1-2-3-6-13-26-24(30)19-15-31-25(27-19)23-18(20-10-11-21(23)32-20)14-17-8-5-4-7-16(17)9-12-22(28)29/h4-5,7-8,15,18,20-21,23H,2-3,6,9-14H2,1H3,(H,26,30)(H,28,29)/p-1/t18-,20-,21+,23-/m0/s1. The Morgan fingerprint density at radius 3 is 2.72 bits per heavy atom. The summed E-state index contributed by atoms with van der Waals surface area (Å²) in [5.74, 6) is -0.514. The number of aryl methyl sites for hydroxylation is 1.